The Labute approximate surface area is 207 Å². The van der Waals surface area contributed by atoms with E-state index in [0.29, 0.717) is 10.7 Å². The zero-order valence-electron chi connectivity index (χ0n) is 19.1. The average molecular weight is 494 g/mol. The van der Waals surface area contributed by atoms with Gasteiger partial charge in [0.25, 0.3) is 11.1 Å². The lowest BCUT2D eigenvalue weighted by atomic mass is 10.1. The smallest absolute Gasteiger partial charge is 0.294 e. The number of thioether (sulfide) groups is 1. The number of aryl methyl sites for hydroxylation is 2. The van der Waals surface area contributed by atoms with Crippen molar-refractivity contribution in [3.63, 3.8) is 0 Å². The number of hydrogen-bond donors (Lipinski definition) is 1. The SMILES string of the molecule is CCc1ccc(-n2c(C)cc(/C=C3/SC(=O)N(CC(=O)Nc4ccccc4Cl)C3=O)c2C)cc1. The van der Waals surface area contributed by atoms with Crippen molar-refractivity contribution in [3.8, 4) is 5.69 Å². The van der Waals surface area contributed by atoms with Crippen LogP contribution in [-0.4, -0.2) is 33.1 Å². The molecule has 0 bridgehead atoms. The first-order chi connectivity index (χ1) is 16.3. The van der Waals surface area contributed by atoms with Crippen LogP contribution in [0.1, 0.15) is 29.4 Å². The molecule has 2 aromatic carbocycles. The quantitative estimate of drug-likeness (QED) is 0.428. The van der Waals surface area contributed by atoms with E-state index in [-0.39, 0.29) is 11.4 Å². The van der Waals surface area contributed by atoms with Crippen molar-refractivity contribution in [2.24, 2.45) is 0 Å². The highest BCUT2D eigenvalue weighted by Gasteiger charge is 2.36. The molecule has 3 aromatic rings. The van der Waals surface area contributed by atoms with Crippen molar-refractivity contribution in [2.75, 3.05) is 11.9 Å². The molecule has 3 amide bonds. The highest BCUT2D eigenvalue weighted by atomic mass is 35.5. The van der Waals surface area contributed by atoms with Gasteiger partial charge in [-0.25, -0.2) is 0 Å². The second-order valence-corrected chi connectivity index (χ2v) is 9.38. The number of aromatic nitrogens is 1. The summed E-state index contributed by atoms with van der Waals surface area (Å²) in [6, 6.07) is 17.1. The summed E-state index contributed by atoms with van der Waals surface area (Å²) in [5.41, 5.74) is 5.56. The molecule has 4 rings (SSSR count). The van der Waals surface area contributed by atoms with Crippen LogP contribution in [0, 0.1) is 13.8 Å². The van der Waals surface area contributed by atoms with Gasteiger partial charge in [0.2, 0.25) is 5.91 Å². The van der Waals surface area contributed by atoms with Gasteiger partial charge in [-0.2, -0.15) is 0 Å². The summed E-state index contributed by atoms with van der Waals surface area (Å²) in [4.78, 5) is 39.1. The molecule has 1 aliphatic rings. The maximum atomic E-state index is 12.9. The van der Waals surface area contributed by atoms with E-state index in [1.54, 1.807) is 30.3 Å². The number of halogens is 1. The van der Waals surface area contributed by atoms with E-state index >= 15 is 0 Å². The van der Waals surface area contributed by atoms with Crippen LogP contribution in [0.3, 0.4) is 0 Å². The van der Waals surface area contributed by atoms with Gasteiger partial charge in [0, 0.05) is 17.1 Å². The number of imide groups is 1. The number of amides is 3. The number of carbonyl (C=O) groups is 3. The molecule has 8 heteroatoms. The van der Waals surface area contributed by atoms with Crippen molar-refractivity contribution in [2.45, 2.75) is 27.2 Å². The first-order valence-electron chi connectivity index (χ1n) is 10.9. The number of benzene rings is 2. The van der Waals surface area contributed by atoms with Gasteiger partial charge in [-0.1, -0.05) is 42.8 Å². The molecule has 1 aromatic heterocycles. The highest BCUT2D eigenvalue weighted by molar-refractivity contribution is 8.18. The van der Waals surface area contributed by atoms with Crippen molar-refractivity contribution in [1.29, 1.82) is 0 Å². The lowest BCUT2D eigenvalue weighted by molar-refractivity contribution is -0.127. The first-order valence-corrected chi connectivity index (χ1v) is 12.1. The second-order valence-electron chi connectivity index (χ2n) is 7.98. The Balaban J connectivity index is 1.53. The fraction of sp³-hybridized carbons (Fsp3) is 0.192. The summed E-state index contributed by atoms with van der Waals surface area (Å²) in [5, 5.41) is 2.54. The van der Waals surface area contributed by atoms with E-state index in [2.05, 4.69) is 41.1 Å². The van der Waals surface area contributed by atoms with E-state index in [4.69, 9.17) is 11.6 Å². The van der Waals surface area contributed by atoms with Crippen molar-refractivity contribution >= 4 is 52.2 Å². The van der Waals surface area contributed by atoms with Gasteiger partial charge < -0.3 is 9.88 Å². The largest absolute Gasteiger partial charge is 0.323 e. The van der Waals surface area contributed by atoms with Crippen LogP contribution in [0.5, 0.6) is 0 Å². The molecule has 1 aliphatic heterocycles. The Morgan fingerprint density at radius 3 is 2.47 bits per heavy atom. The monoisotopic (exact) mass is 493 g/mol. The molecule has 174 valence electrons. The third-order valence-corrected chi connectivity index (χ3v) is 6.92. The maximum Gasteiger partial charge on any atom is 0.294 e. The molecule has 1 N–H and O–H groups in total. The summed E-state index contributed by atoms with van der Waals surface area (Å²) < 4.78 is 2.12. The van der Waals surface area contributed by atoms with Crippen LogP contribution in [-0.2, 0) is 16.0 Å². The van der Waals surface area contributed by atoms with E-state index < -0.39 is 17.1 Å². The zero-order chi connectivity index (χ0) is 24.4. The van der Waals surface area contributed by atoms with Gasteiger partial charge in [0.1, 0.15) is 6.54 Å². The number of nitrogens with zero attached hydrogens (tertiary/aromatic N) is 2. The summed E-state index contributed by atoms with van der Waals surface area (Å²) in [5.74, 6) is -0.980. The summed E-state index contributed by atoms with van der Waals surface area (Å²) in [6.45, 7) is 5.72. The van der Waals surface area contributed by atoms with E-state index in [1.165, 1.54) is 5.56 Å². The molecular weight excluding hydrogens is 470 g/mol. The molecule has 0 spiro atoms. The minimum Gasteiger partial charge on any atom is -0.323 e. The van der Waals surface area contributed by atoms with Crippen molar-refractivity contribution < 1.29 is 14.4 Å². The number of rotatable bonds is 6. The van der Waals surface area contributed by atoms with Gasteiger partial charge in [-0.05, 0) is 79.6 Å². The molecule has 0 radical (unpaired) electrons. The molecule has 0 atom stereocenters. The normalized spacial score (nSPS) is 14.8. The van der Waals surface area contributed by atoms with Crippen molar-refractivity contribution in [1.82, 2.24) is 9.47 Å². The molecule has 0 aliphatic carbocycles. The molecule has 0 unspecified atom stereocenters. The van der Waals surface area contributed by atoms with Crippen LogP contribution in [0.4, 0.5) is 10.5 Å². The summed E-state index contributed by atoms with van der Waals surface area (Å²) in [6.07, 6.45) is 2.69. The van der Waals surface area contributed by atoms with E-state index in [0.717, 1.165) is 45.7 Å². The standard InChI is InChI=1S/C26H24ClN3O3S/c1-4-18-9-11-20(12-10-18)30-16(2)13-19(17(30)3)14-23-25(32)29(26(33)34-23)15-24(31)28-22-8-6-5-7-21(22)27/h5-14H,4,15H2,1-3H3,(H,28,31)/b23-14+. The molecule has 34 heavy (non-hydrogen) atoms. The fourth-order valence-electron chi connectivity index (χ4n) is 3.89. The van der Waals surface area contributed by atoms with Crippen LogP contribution < -0.4 is 5.32 Å². The molecule has 1 fully saturated rings. The molecule has 2 heterocycles. The number of carbonyl (C=O) groups excluding carboxylic acids is 3. The predicted octanol–water partition coefficient (Wildman–Crippen LogP) is 5.98. The Kier molecular flexibility index (Phi) is 6.95. The minimum absolute atomic E-state index is 0.289. The van der Waals surface area contributed by atoms with Gasteiger partial charge >= 0.3 is 0 Å². The topological polar surface area (TPSA) is 71.4 Å². The Hall–Kier alpha value is -3.29. The van der Waals surface area contributed by atoms with Crippen LogP contribution in [0.2, 0.25) is 5.02 Å². The third-order valence-electron chi connectivity index (χ3n) is 5.68. The lowest BCUT2D eigenvalue weighted by Gasteiger charge is -2.13. The highest BCUT2D eigenvalue weighted by Crippen LogP contribution is 2.34. The van der Waals surface area contributed by atoms with Gasteiger partial charge in [-0.3, -0.25) is 19.3 Å². The number of hydrogen-bond acceptors (Lipinski definition) is 4. The number of nitrogens with one attached hydrogen (secondary N) is 1. The Morgan fingerprint density at radius 1 is 1.09 bits per heavy atom. The average Bonchev–Trinajstić information content (AvgIpc) is 3.24. The fourth-order valence-corrected chi connectivity index (χ4v) is 4.90. The van der Waals surface area contributed by atoms with Crippen LogP contribution >= 0.6 is 23.4 Å². The minimum atomic E-state index is -0.495. The van der Waals surface area contributed by atoms with E-state index in [1.807, 2.05) is 19.9 Å². The Bertz CT molecular complexity index is 1310. The molecule has 6 nitrogen and oxygen atoms in total. The second kappa shape index (κ2) is 9.91. The van der Waals surface area contributed by atoms with Gasteiger partial charge in [0.05, 0.1) is 15.6 Å². The predicted molar refractivity (Wildman–Crippen MR) is 137 cm³/mol. The third kappa shape index (κ3) is 4.81. The van der Waals surface area contributed by atoms with Crippen LogP contribution in [0.25, 0.3) is 11.8 Å². The summed E-state index contributed by atoms with van der Waals surface area (Å²) in [7, 11) is 0. The molecular formula is C26H24ClN3O3S. The van der Waals surface area contributed by atoms with E-state index in [9.17, 15) is 14.4 Å². The van der Waals surface area contributed by atoms with Crippen LogP contribution in [0.15, 0.2) is 59.5 Å². The van der Waals surface area contributed by atoms with Crippen molar-refractivity contribution in [3.05, 3.63) is 87.0 Å². The molecule has 1 saturated heterocycles. The van der Waals surface area contributed by atoms with Gasteiger partial charge in [0.15, 0.2) is 0 Å². The first kappa shape index (κ1) is 23.9. The summed E-state index contributed by atoms with van der Waals surface area (Å²) >= 11 is 6.90. The maximum absolute atomic E-state index is 12.9. The van der Waals surface area contributed by atoms with Gasteiger partial charge in [-0.15, -0.1) is 0 Å². The number of anilines is 1. The Morgan fingerprint density at radius 2 is 1.79 bits per heavy atom. The zero-order valence-corrected chi connectivity index (χ0v) is 20.7. The lowest BCUT2D eigenvalue weighted by Crippen LogP contribution is -2.36. The molecule has 0 saturated carbocycles. The number of para-hydroxylation sites is 1.